The number of aromatic nitrogens is 2. The van der Waals surface area contributed by atoms with Crippen molar-refractivity contribution in [2.75, 3.05) is 6.54 Å². The van der Waals surface area contributed by atoms with Gasteiger partial charge in [-0.2, -0.15) is 5.10 Å². The lowest BCUT2D eigenvalue weighted by Crippen LogP contribution is -2.28. The molecule has 1 amide bonds. The molecule has 1 aliphatic heterocycles. The monoisotopic (exact) mass is 404 g/mol. The van der Waals surface area contributed by atoms with Gasteiger partial charge in [0.15, 0.2) is 5.69 Å². The van der Waals surface area contributed by atoms with Gasteiger partial charge in [-0.3, -0.25) is 9.89 Å². The molecule has 22 heavy (non-hydrogen) atoms. The summed E-state index contributed by atoms with van der Waals surface area (Å²) in [6.45, 7) is 1.96. The largest absolute Gasteiger partial charge is 0.346 e. The lowest BCUT2D eigenvalue weighted by Gasteiger charge is -2.13. The molecule has 0 bridgehead atoms. The molecule has 0 saturated carbocycles. The summed E-state index contributed by atoms with van der Waals surface area (Å²) in [6.07, 6.45) is 0.869. The molecule has 0 radical (unpaired) electrons. The maximum Gasteiger partial charge on any atom is 0.272 e. The Kier molecular flexibility index (Phi) is 5.86. The maximum atomic E-state index is 12.3. The van der Waals surface area contributed by atoms with E-state index < -0.39 is 0 Å². The van der Waals surface area contributed by atoms with E-state index in [9.17, 15) is 4.79 Å². The molecule has 0 atom stereocenters. The highest BCUT2D eigenvalue weighted by Gasteiger charge is 2.21. The fourth-order valence-corrected chi connectivity index (χ4v) is 3.08. The van der Waals surface area contributed by atoms with Crippen LogP contribution in [0.5, 0.6) is 0 Å². The summed E-state index contributed by atoms with van der Waals surface area (Å²) >= 11 is 9.50. The number of carbonyl (C=O) groups excluding carboxylic acids is 1. The highest BCUT2D eigenvalue weighted by atomic mass is 79.9. The fraction of sp³-hybridized carbons (Fsp3) is 0.286. The first kappa shape index (κ1) is 17.3. The molecule has 0 saturated heterocycles. The molecule has 1 aliphatic rings. The van der Waals surface area contributed by atoms with Gasteiger partial charge in [0, 0.05) is 46.8 Å². The minimum atomic E-state index is -0.185. The van der Waals surface area contributed by atoms with Gasteiger partial charge >= 0.3 is 0 Å². The van der Waals surface area contributed by atoms with Crippen LogP contribution in [0.4, 0.5) is 0 Å². The van der Waals surface area contributed by atoms with E-state index >= 15 is 0 Å². The van der Waals surface area contributed by atoms with Crippen LogP contribution >= 0.6 is 39.9 Å². The third-order valence-electron chi connectivity index (χ3n) is 3.48. The molecule has 2 aromatic rings. The number of hydrogen-bond donors (Lipinski definition) is 3. The zero-order valence-corrected chi connectivity index (χ0v) is 14.7. The van der Waals surface area contributed by atoms with Gasteiger partial charge in [0.2, 0.25) is 0 Å². The Bertz CT molecular complexity index is 689. The molecular weight excluding hydrogens is 391 g/mol. The van der Waals surface area contributed by atoms with Gasteiger partial charge in [-0.15, -0.1) is 12.4 Å². The summed E-state index contributed by atoms with van der Waals surface area (Å²) in [5, 5.41) is 13.8. The predicted molar refractivity (Wildman–Crippen MR) is 91.6 cm³/mol. The van der Waals surface area contributed by atoms with Crippen molar-refractivity contribution >= 4 is 45.8 Å². The summed E-state index contributed by atoms with van der Waals surface area (Å²) in [7, 11) is 0. The van der Waals surface area contributed by atoms with Crippen LogP contribution in [0.3, 0.4) is 0 Å². The number of nitrogens with zero attached hydrogens (tertiary/aromatic N) is 1. The molecule has 5 nitrogen and oxygen atoms in total. The molecule has 8 heteroatoms. The van der Waals surface area contributed by atoms with E-state index in [1.807, 2.05) is 18.2 Å². The average Bonchev–Trinajstić information content (AvgIpc) is 2.90. The zero-order chi connectivity index (χ0) is 14.8. The Balaban J connectivity index is 0.00000176. The van der Waals surface area contributed by atoms with Crippen LogP contribution in [0.15, 0.2) is 22.7 Å². The standard InChI is InChI=1S/C14H14BrClN4O.ClH/c15-9-2-1-8(11(16)5-9)6-18-14(21)13-10-7-17-4-3-12(10)19-20-13;/h1-2,5,17H,3-4,6-7H2,(H,18,21)(H,19,20);1H. The van der Waals surface area contributed by atoms with Crippen molar-refractivity contribution in [3.8, 4) is 0 Å². The molecule has 1 aromatic carbocycles. The average molecular weight is 406 g/mol. The summed E-state index contributed by atoms with van der Waals surface area (Å²) in [4.78, 5) is 12.3. The van der Waals surface area contributed by atoms with Gasteiger partial charge in [-0.05, 0) is 17.7 Å². The summed E-state index contributed by atoms with van der Waals surface area (Å²) in [5.74, 6) is -0.185. The first-order chi connectivity index (χ1) is 10.1. The van der Waals surface area contributed by atoms with Crippen molar-refractivity contribution in [1.82, 2.24) is 20.8 Å². The Hall–Kier alpha value is -1.08. The van der Waals surface area contributed by atoms with Gasteiger partial charge in [-0.25, -0.2) is 0 Å². The highest BCUT2D eigenvalue weighted by molar-refractivity contribution is 9.10. The molecule has 1 aromatic heterocycles. The maximum absolute atomic E-state index is 12.3. The second kappa shape index (κ2) is 7.46. The van der Waals surface area contributed by atoms with Crippen LogP contribution < -0.4 is 10.6 Å². The number of benzene rings is 1. The third-order valence-corrected chi connectivity index (χ3v) is 4.32. The fourth-order valence-electron chi connectivity index (χ4n) is 2.34. The molecule has 118 valence electrons. The Labute approximate surface area is 147 Å². The smallest absolute Gasteiger partial charge is 0.272 e. The summed E-state index contributed by atoms with van der Waals surface area (Å²) < 4.78 is 0.912. The molecule has 2 heterocycles. The highest BCUT2D eigenvalue weighted by Crippen LogP contribution is 2.21. The first-order valence-electron chi connectivity index (χ1n) is 6.64. The van der Waals surface area contributed by atoms with E-state index in [0.717, 1.165) is 34.3 Å². The van der Waals surface area contributed by atoms with Crippen LogP contribution in [0.1, 0.15) is 27.3 Å². The van der Waals surface area contributed by atoms with Gasteiger partial charge in [0.1, 0.15) is 0 Å². The third kappa shape index (κ3) is 3.63. The van der Waals surface area contributed by atoms with Crippen LogP contribution in [0.25, 0.3) is 0 Å². The molecular formula is C14H15BrCl2N4O. The van der Waals surface area contributed by atoms with Crippen molar-refractivity contribution in [2.24, 2.45) is 0 Å². The van der Waals surface area contributed by atoms with E-state index in [2.05, 4.69) is 36.8 Å². The topological polar surface area (TPSA) is 69.8 Å². The van der Waals surface area contributed by atoms with Crippen molar-refractivity contribution < 1.29 is 4.79 Å². The Morgan fingerprint density at radius 1 is 1.45 bits per heavy atom. The van der Waals surface area contributed by atoms with E-state index in [1.54, 1.807) is 0 Å². The molecule has 0 fully saturated rings. The van der Waals surface area contributed by atoms with Crippen molar-refractivity contribution in [1.29, 1.82) is 0 Å². The number of carbonyl (C=O) groups is 1. The summed E-state index contributed by atoms with van der Waals surface area (Å²) in [6, 6.07) is 5.59. The van der Waals surface area contributed by atoms with Crippen LogP contribution in [0.2, 0.25) is 5.02 Å². The van der Waals surface area contributed by atoms with E-state index in [4.69, 9.17) is 11.6 Å². The Morgan fingerprint density at radius 2 is 2.27 bits per heavy atom. The SMILES string of the molecule is Cl.O=C(NCc1ccc(Br)cc1Cl)c1n[nH]c2c1CNCC2. The molecule has 0 aliphatic carbocycles. The van der Waals surface area contributed by atoms with Crippen LogP contribution in [-0.2, 0) is 19.5 Å². The molecule has 3 N–H and O–H groups in total. The zero-order valence-electron chi connectivity index (χ0n) is 11.6. The number of aromatic amines is 1. The number of H-pyrrole nitrogens is 1. The lowest BCUT2D eigenvalue weighted by atomic mass is 10.1. The molecule has 3 rings (SSSR count). The minimum Gasteiger partial charge on any atom is -0.346 e. The van der Waals surface area contributed by atoms with Crippen molar-refractivity contribution in [2.45, 2.75) is 19.5 Å². The van der Waals surface area contributed by atoms with Crippen LogP contribution in [-0.4, -0.2) is 22.6 Å². The Morgan fingerprint density at radius 3 is 3.05 bits per heavy atom. The minimum absolute atomic E-state index is 0. The number of nitrogens with one attached hydrogen (secondary N) is 3. The predicted octanol–water partition coefficient (Wildman–Crippen LogP) is 2.82. The van der Waals surface area contributed by atoms with Gasteiger partial charge < -0.3 is 10.6 Å². The molecule has 0 unspecified atom stereocenters. The number of rotatable bonds is 3. The number of amides is 1. The van der Waals surface area contributed by atoms with E-state index in [-0.39, 0.29) is 18.3 Å². The van der Waals surface area contributed by atoms with Gasteiger partial charge in [0.05, 0.1) is 0 Å². The van der Waals surface area contributed by atoms with Crippen LogP contribution in [0, 0.1) is 0 Å². The van der Waals surface area contributed by atoms with Crippen molar-refractivity contribution in [3.05, 3.63) is 50.2 Å². The first-order valence-corrected chi connectivity index (χ1v) is 7.81. The second-order valence-corrected chi connectivity index (χ2v) is 6.20. The summed E-state index contributed by atoms with van der Waals surface area (Å²) in [5.41, 5.74) is 3.34. The molecule has 0 spiro atoms. The number of halogens is 3. The number of fused-ring (bicyclic) bond motifs is 1. The normalized spacial score (nSPS) is 13.2. The van der Waals surface area contributed by atoms with Gasteiger partial charge in [-0.1, -0.05) is 33.6 Å². The second-order valence-electron chi connectivity index (χ2n) is 4.87. The van der Waals surface area contributed by atoms with E-state index in [0.29, 0.717) is 23.8 Å². The van der Waals surface area contributed by atoms with Crippen molar-refractivity contribution in [3.63, 3.8) is 0 Å². The lowest BCUT2D eigenvalue weighted by molar-refractivity contribution is 0.0944. The van der Waals surface area contributed by atoms with Gasteiger partial charge in [0.25, 0.3) is 5.91 Å². The van der Waals surface area contributed by atoms with E-state index in [1.165, 1.54) is 0 Å². The quantitative estimate of drug-likeness (QED) is 0.735. The number of hydrogen-bond acceptors (Lipinski definition) is 3.